The van der Waals surface area contributed by atoms with Crippen LogP contribution in [0.5, 0.6) is 0 Å². The van der Waals surface area contributed by atoms with Gasteiger partial charge < -0.3 is 9.47 Å². The molecule has 1 aliphatic rings. The fourth-order valence-corrected chi connectivity index (χ4v) is 4.26. The second kappa shape index (κ2) is 9.27. The standard InChI is InChI=1S/C23H37NO4/c1-8-22(6)16-20(27-21(25)26-10-3)17(4)23(7,9-2)24(22)28-18(5)19-14-12-11-13-15-19/h11-15,17-18,20H,8-10,16H2,1-7H3. The smallest absolute Gasteiger partial charge is 0.435 e. The second-order valence-electron chi connectivity index (χ2n) is 8.35. The first-order valence-corrected chi connectivity index (χ1v) is 10.6. The van der Waals surface area contributed by atoms with Crippen LogP contribution in [0, 0.1) is 5.92 Å². The maximum absolute atomic E-state index is 12.0. The van der Waals surface area contributed by atoms with E-state index in [9.17, 15) is 4.79 Å². The molecule has 1 saturated heterocycles. The number of carbonyl (C=O) groups is 1. The van der Waals surface area contributed by atoms with Crippen LogP contribution in [-0.2, 0) is 14.3 Å². The molecule has 5 heteroatoms. The number of rotatable bonds is 7. The zero-order valence-electron chi connectivity index (χ0n) is 18.5. The van der Waals surface area contributed by atoms with Gasteiger partial charge in [-0.25, -0.2) is 4.79 Å². The van der Waals surface area contributed by atoms with E-state index in [4.69, 9.17) is 14.3 Å². The normalized spacial score (nSPS) is 32.0. The van der Waals surface area contributed by atoms with Gasteiger partial charge in [-0.3, -0.25) is 4.84 Å². The lowest BCUT2D eigenvalue weighted by Gasteiger charge is -2.59. The first-order valence-electron chi connectivity index (χ1n) is 10.6. The lowest BCUT2D eigenvalue weighted by Crippen LogP contribution is -2.68. The summed E-state index contributed by atoms with van der Waals surface area (Å²) in [7, 11) is 0. The Balaban J connectivity index is 2.31. The summed E-state index contributed by atoms with van der Waals surface area (Å²) in [4.78, 5) is 18.6. The van der Waals surface area contributed by atoms with Crippen LogP contribution < -0.4 is 0 Å². The molecule has 0 saturated carbocycles. The van der Waals surface area contributed by atoms with E-state index in [0.29, 0.717) is 13.0 Å². The number of ether oxygens (including phenoxy) is 2. The van der Waals surface area contributed by atoms with Gasteiger partial charge in [0.25, 0.3) is 0 Å². The summed E-state index contributed by atoms with van der Waals surface area (Å²) < 4.78 is 10.8. The Bertz CT molecular complexity index is 637. The molecule has 0 aromatic heterocycles. The molecule has 1 aromatic rings. The van der Waals surface area contributed by atoms with Crippen LogP contribution in [-0.4, -0.2) is 35.0 Å². The highest BCUT2D eigenvalue weighted by Gasteiger charge is 2.55. The van der Waals surface area contributed by atoms with Crippen molar-refractivity contribution in [3.05, 3.63) is 35.9 Å². The third-order valence-corrected chi connectivity index (χ3v) is 6.65. The molecular formula is C23H37NO4. The first kappa shape index (κ1) is 22.7. The maximum Gasteiger partial charge on any atom is 0.508 e. The van der Waals surface area contributed by atoms with E-state index in [1.807, 2.05) is 18.2 Å². The molecule has 0 aliphatic carbocycles. The Hall–Kier alpha value is -1.59. The van der Waals surface area contributed by atoms with Gasteiger partial charge in [0.05, 0.1) is 6.61 Å². The molecule has 0 bridgehead atoms. The number of hydrogen-bond acceptors (Lipinski definition) is 5. The molecule has 1 fully saturated rings. The Morgan fingerprint density at radius 1 is 1.18 bits per heavy atom. The van der Waals surface area contributed by atoms with Gasteiger partial charge in [-0.15, -0.1) is 0 Å². The summed E-state index contributed by atoms with van der Waals surface area (Å²) >= 11 is 0. The average molecular weight is 392 g/mol. The Kier molecular flexibility index (Phi) is 7.52. The summed E-state index contributed by atoms with van der Waals surface area (Å²) in [6.07, 6.45) is 1.63. The van der Waals surface area contributed by atoms with Gasteiger partial charge in [0.15, 0.2) is 0 Å². The molecule has 2 rings (SSSR count). The van der Waals surface area contributed by atoms with E-state index in [1.54, 1.807) is 6.92 Å². The molecule has 1 aromatic carbocycles. The van der Waals surface area contributed by atoms with Gasteiger partial charge in [0, 0.05) is 23.4 Å². The summed E-state index contributed by atoms with van der Waals surface area (Å²) in [5.74, 6) is 0.101. The molecule has 158 valence electrons. The lowest BCUT2D eigenvalue weighted by atomic mass is 9.69. The van der Waals surface area contributed by atoms with E-state index in [1.165, 1.54) is 0 Å². The zero-order chi connectivity index (χ0) is 20.9. The van der Waals surface area contributed by atoms with Gasteiger partial charge in [-0.2, -0.15) is 5.06 Å². The SMILES string of the molecule is CCOC(=O)OC1CC(C)(CC)N(OC(C)c2ccccc2)C(C)(CC)C1C. The molecule has 5 atom stereocenters. The van der Waals surface area contributed by atoms with Crippen LogP contribution in [0.3, 0.4) is 0 Å². The maximum atomic E-state index is 12.0. The van der Waals surface area contributed by atoms with Crippen LogP contribution in [0.2, 0.25) is 0 Å². The van der Waals surface area contributed by atoms with Crippen LogP contribution in [0.15, 0.2) is 30.3 Å². The summed E-state index contributed by atoms with van der Waals surface area (Å²) in [5.41, 5.74) is 0.623. The quantitative estimate of drug-likeness (QED) is 0.542. The number of piperidine rings is 1. The van der Waals surface area contributed by atoms with E-state index >= 15 is 0 Å². The number of hydrogen-bond donors (Lipinski definition) is 0. The Morgan fingerprint density at radius 2 is 1.82 bits per heavy atom. The summed E-state index contributed by atoms with van der Waals surface area (Å²) in [5, 5.41) is 2.20. The summed E-state index contributed by atoms with van der Waals surface area (Å²) in [6, 6.07) is 10.3. The van der Waals surface area contributed by atoms with Gasteiger partial charge in [0.2, 0.25) is 0 Å². The van der Waals surface area contributed by atoms with Crippen molar-refractivity contribution in [3.8, 4) is 0 Å². The molecule has 5 nitrogen and oxygen atoms in total. The highest BCUT2D eigenvalue weighted by Crippen LogP contribution is 2.48. The zero-order valence-corrected chi connectivity index (χ0v) is 18.5. The predicted octanol–water partition coefficient (Wildman–Crippen LogP) is 5.90. The van der Waals surface area contributed by atoms with E-state index < -0.39 is 6.16 Å². The van der Waals surface area contributed by atoms with Crippen molar-refractivity contribution in [2.75, 3.05) is 6.61 Å². The minimum atomic E-state index is -0.580. The number of benzene rings is 1. The molecule has 0 amide bonds. The van der Waals surface area contributed by atoms with Crippen molar-refractivity contribution >= 4 is 6.16 Å². The fourth-order valence-electron chi connectivity index (χ4n) is 4.26. The molecular weight excluding hydrogens is 354 g/mol. The molecule has 5 unspecified atom stereocenters. The van der Waals surface area contributed by atoms with Crippen LogP contribution in [0.25, 0.3) is 0 Å². The van der Waals surface area contributed by atoms with Crippen molar-refractivity contribution in [2.45, 2.75) is 91.0 Å². The Labute approximate surface area is 170 Å². The van der Waals surface area contributed by atoms with Crippen molar-refractivity contribution in [1.29, 1.82) is 0 Å². The van der Waals surface area contributed by atoms with Gasteiger partial charge in [0.1, 0.15) is 12.2 Å². The molecule has 1 aliphatic heterocycles. The summed E-state index contributed by atoms with van der Waals surface area (Å²) in [6.45, 7) is 15.1. The van der Waals surface area contributed by atoms with E-state index in [2.05, 4.69) is 58.7 Å². The molecule has 28 heavy (non-hydrogen) atoms. The van der Waals surface area contributed by atoms with Crippen molar-refractivity contribution in [2.24, 2.45) is 5.92 Å². The van der Waals surface area contributed by atoms with Crippen LogP contribution in [0.1, 0.15) is 79.4 Å². The average Bonchev–Trinajstić information content (AvgIpc) is 2.70. The third-order valence-electron chi connectivity index (χ3n) is 6.65. The molecule has 1 heterocycles. The number of hydroxylamine groups is 2. The largest absolute Gasteiger partial charge is 0.508 e. The first-order chi connectivity index (χ1) is 13.2. The minimum Gasteiger partial charge on any atom is -0.435 e. The fraction of sp³-hybridized carbons (Fsp3) is 0.696. The van der Waals surface area contributed by atoms with Gasteiger partial charge in [-0.05, 0) is 46.1 Å². The highest BCUT2D eigenvalue weighted by atomic mass is 16.7. The molecule has 0 spiro atoms. The number of carbonyl (C=O) groups excluding carboxylic acids is 1. The minimum absolute atomic E-state index is 0.0623. The van der Waals surface area contributed by atoms with E-state index in [-0.39, 0.29) is 29.2 Å². The van der Waals surface area contributed by atoms with Crippen molar-refractivity contribution < 1.29 is 19.1 Å². The molecule has 0 radical (unpaired) electrons. The monoisotopic (exact) mass is 391 g/mol. The Morgan fingerprint density at radius 3 is 2.36 bits per heavy atom. The van der Waals surface area contributed by atoms with Crippen LogP contribution >= 0.6 is 0 Å². The second-order valence-corrected chi connectivity index (χ2v) is 8.35. The van der Waals surface area contributed by atoms with Gasteiger partial charge in [-0.1, -0.05) is 51.1 Å². The highest BCUT2D eigenvalue weighted by molar-refractivity contribution is 5.60. The van der Waals surface area contributed by atoms with Crippen LogP contribution in [0.4, 0.5) is 4.79 Å². The predicted molar refractivity (Wildman–Crippen MR) is 111 cm³/mol. The van der Waals surface area contributed by atoms with E-state index in [0.717, 1.165) is 18.4 Å². The molecule has 0 N–H and O–H groups in total. The number of nitrogens with zero attached hydrogens (tertiary/aromatic N) is 1. The third kappa shape index (κ3) is 4.52. The van der Waals surface area contributed by atoms with Gasteiger partial charge >= 0.3 is 6.16 Å². The van der Waals surface area contributed by atoms with Crippen molar-refractivity contribution in [3.63, 3.8) is 0 Å². The lowest BCUT2D eigenvalue weighted by molar-refractivity contribution is -0.336. The topological polar surface area (TPSA) is 48.0 Å². The van der Waals surface area contributed by atoms with Crippen molar-refractivity contribution in [1.82, 2.24) is 5.06 Å².